The number of rotatable bonds is 3. The molecule has 0 saturated heterocycles. The van der Waals surface area contributed by atoms with E-state index in [0.29, 0.717) is 11.5 Å². The first-order valence-electron chi connectivity index (χ1n) is 4.52. The van der Waals surface area contributed by atoms with Crippen LogP contribution in [-0.4, -0.2) is 21.0 Å². The van der Waals surface area contributed by atoms with Crippen molar-refractivity contribution in [1.82, 2.24) is 9.97 Å². The Morgan fingerprint density at radius 2 is 1.94 bits per heavy atom. The van der Waals surface area contributed by atoms with Crippen molar-refractivity contribution in [3.8, 4) is 11.5 Å². The summed E-state index contributed by atoms with van der Waals surface area (Å²) in [6, 6.07) is 6.22. The van der Waals surface area contributed by atoms with E-state index >= 15 is 0 Å². The van der Waals surface area contributed by atoms with E-state index in [1.807, 2.05) is 0 Å². The van der Waals surface area contributed by atoms with Crippen molar-refractivity contribution in [3.05, 3.63) is 48.5 Å². The zero-order valence-electron chi connectivity index (χ0n) is 8.20. The lowest BCUT2D eigenvalue weighted by Crippen LogP contribution is -1.96. The van der Waals surface area contributed by atoms with Crippen molar-refractivity contribution in [2.75, 3.05) is 0 Å². The smallest absolute Gasteiger partial charge is 0.335 e. The molecule has 0 saturated carbocycles. The van der Waals surface area contributed by atoms with Gasteiger partial charge >= 0.3 is 5.97 Å². The molecule has 0 aliphatic carbocycles. The molecule has 80 valence electrons. The van der Waals surface area contributed by atoms with Crippen LogP contribution < -0.4 is 4.74 Å². The van der Waals surface area contributed by atoms with Gasteiger partial charge in [0.2, 0.25) is 0 Å². The highest BCUT2D eigenvalue weighted by Crippen LogP contribution is 2.20. The fraction of sp³-hybridized carbons (Fsp3) is 0. The quantitative estimate of drug-likeness (QED) is 0.849. The molecule has 1 aromatic heterocycles. The van der Waals surface area contributed by atoms with Gasteiger partial charge in [-0.15, -0.1) is 0 Å². The summed E-state index contributed by atoms with van der Waals surface area (Å²) >= 11 is 0. The zero-order chi connectivity index (χ0) is 11.4. The van der Waals surface area contributed by atoms with E-state index in [4.69, 9.17) is 9.84 Å². The highest BCUT2D eigenvalue weighted by molar-refractivity contribution is 5.88. The van der Waals surface area contributed by atoms with E-state index < -0.39 is 5.97 Å². The summed E-state index contributed by atoms with van der Waals surface area (Å²) in [4.78, 5) is 18.3. The van der Waals surface area contributed by atoms with Crippen LogP contribution in [0.1, 0.15) is 10.4 Å². The van der Waals surface area contributed by atoms with Gasteiger partial charge in [0.05, 0.1) is 18.0 Å². The topological polar surface area (TPSA) is 72.3 Å². The molecule has 5 heteroatoms. The lowest BCUT2D eigenvalue weighted by molar-refractivity contribution is 0.0696. The van der Waals surface area contributed by atoms with Crippen LogP contribution in [0, 0.1) is 0 Å². The van der Waals surface area contributed by atoms with Gasteiger partial charge in [-0.2, -0.15) is 0 Å². The van der Waals surface area contributed by atoms with Crippen molar-refractivity contribution < 1.29 is 14.6 Å². The summed E-state index contributed by atoms with van der Waals surface area (Å²) in [5, 5.41) is 8.80. The molecule has 0 fully saturated rings. The Kier molecular flexibility index (Phi) is 2.77. The van der Waals surface area contributed by atoms with Crippen LogP contribution in [-0.2, 0) is 0 Å². The molecule has 1 N–H and O–H groups in total. The minimum atomic E-state index is -0.991. The van der Waals surface area contributed by atoms with Crippen molar-refractivity contribution in [2.45, 2.75) is 0 Å². The molecule has 0 unspecified atom stereocenters. The number of carbonyl (C=O) groups is 1. The van der Waals surface area contributed by atoms with Gasteiger partial charge in [-0.3, -0.25) is 0 Å². The zero-order valence-corrected chi connectivity index (χ0v) is 8.20. The molecule has 0 radical (unpaired) electrons. The molecule has 1 heterocycles. The average molecular weight is 216 g/mol. The lowest BCUT2D eigenvalue weighted by Gasteiger charge is -2.04. The highest BCUT2D eigenvalue weighted by atomic mass is 16.5. The molecule has 2 rings (SSSR count). The van der Waals surface area contributed by atoms with E-state index in [0.717, 1.165) is 0 Å². The number of hydrogen-bond donors (Lipinski definition) is 1. The molecule has 1 aromatic carbocycles. The third-order valence-corrected chi connectivity index (χ3v) is 1.85. The Labute approximate surface area is 91.4 Å². The second-order valence-electron chi connectivity index (χ2n) is 3.01. The van der Waals surface area contributed by atoms with Crippen LogP contribution in [0.4, 0.5) is 0 Å². The molecular weight excluding hydrogens is 208 g/mol. The van der Waals surface area contributed by atoms with Crippen LogP contribution in [0.3, 0.4) is 0 Å². The predicted molar refractivity (Wildman–Crippen MR) is 55.5 cm³/mol. The summed E-state index contributed by atoms with van der Waals surface area (Å²) in [5.74, 6) is -0.0884. The maximum absolute atomic E-state index is 10.7. The summed E-state index contributed by atoms with van der Waals surface area (Å²) in [6.45, 7) is 0. The van der Waals surface area contributed by atoms with Crippen LogP contribution in [0.15, 0.2) is 43.0 Å². The number of nitrogens with zero attached hydrogens (tertiary/aromatic N) is 2. The molecule has 0 spiro atoms. The normalized spacial score (nSPS) is 9.75. The van der Waals surface area contributed by atoms with E-state index in [1.165, 1.54) is 30.9 Å². The van der Waals surface area contributed by atoms with Crippen LogP contribution >= 0.6 is 0 Å². The van der Waals surface area contributed by atoms with Gasteiger partial charge in [-0.1, -0.05) is 6.07 Å². The Hall–Kier alpha value is -2.43. The van der Waals surface area contributed by atoms with E-state index in [1.54, 1.807) is 12.1 Å². The fourth-order valence-corrected chi connectivity index (χ4v) is 1.17. The van der Waals surface area contributed by atoms with Gasteiger partial charge < -0.3 is 9.84 Å². The minimum absolute atomic E-state index is 0.175. The van der Waals surface area contributed by atoms with Crippen molar-refractivity contribution in [1.29, 1.82) is 0 Å². The van der Waals surface area contributed by atoms with Crippen molar-refractivity contribution in [3.63, 3.8) is 0 Å². The largest absolute Gasteiger partial charge is 0.478 e. The fourth-order valence-electron chi connectivity index (χ4n) is 1.17. The summed E-state index contributed by atoms with van der Waals surface area (Å²) in [7, 11) is 0. The number of aromatic nitrogens is 2. The van der Waals surface area contributed by atoms with Crippen molar-refractivity contribution >= 4 is 5.97 Å². The third kappa shape index (κ3) is 2.33. The summed E-state index contributed by atoms with van der Waals surface area (Å²) in [5.41, 5.74) is 0.175. The van der Waals surface area contributed by atoms with Gasteiger partial charge in [0.1, 0.15) is 12.1 Å². The molecule has 0 bridgehead atoms. The second kappa shape index (κ2) is 4.39. The molecule has 0 aliphatic rings. The number of benzene rings is 1. The maximum atomic E-state index is 10.7. The van der Waals surface area contributed by atoms with Gasteiger partial charge in [0.15, 0.2) is 5.75 Å². The summed E-state index contributed by atoms with van der Waals surface area (Å²) < 4.78 is 5.38. The first-order valence-corrected chi connectivity index (χ1v) is 4.52. The first-order chi connectivity index (χ1) is 7.75. The monoisotopic (exact) mass is 216 g/mol. The molecule has 5 nitrogen and oxygen atoms in total. The van der Waals surface area contributed by atoms with Crippen LogP contribution in [0.2, 0.25) is 0 Å². The SMILES string of the molecule is O=C(O)c1cccc(Oc2cncnc2)c1. The van der Waals surface area contributed by atoms with Gasteiger partial charge in [0.25, 0.3) is 0 Å². The minimum Gasteiger partial charge on any atom is -0.478 e. The first kappa shape index (κ1) is 10.1. The molecule has 0 aliphatic heterocycles. The van der Waals surface area contributed by atoms with Crippen LogP contribution in [0.5, 0.6) is 11.5 Å². The summed E-state index contributed by atoms with van der Waals surface area (Å²) in [6.07, 6.45) is 4.39. The Morgan fingerprint density at radius 3 is 2.62 bits per heavy atom. The number of carboxylic acid groups (broad SMARTS) is 1. The van der Waals surface area contributed by atoms with Gasteiger partial charge in [-0.25, -0.2) is 14.8 Å². The number of aromatic carboxylic acids is 1. The molecule has 2 aromatic rings. The molecule has 0 atom stereocenters. The Bertz CT molecular complexity index is 500. The lowest BCUT2D eigenvalue weighted by atomic mass is 10.2. The average Bonchev–Trinajstić information content (AvgIpc) is 2.30. The van der Waals surface area contributed by atoms with E-state index in [9.17, 15) is 4.79 Å². The molecular formula is C11H8N2O3. The van der Waals surface area contributed by atoms with E-state index in [2.05, 4.69) is 9.97 Å². The number of hydrogen-bond acceptors (Lipinski definition) is 4. The Balaban J connectivity index is 2.22. The van der Waals surface area contributed by atoms with Gasteiger partial charge in [0, 0.05) is 0 Å². The number of carboxylic acids is 1. The van der Waals surface area contributed by atoms with Crippen LogP contribution in [0.25, 0.3) is 0 Å². The number of ether oxygens (including phenoxy) is 1. The predicted octanol–water partition coefficient (Wildman–Crippen LogP) is 1.97. The maximum Gasteiger partial charge on any atom is 0.335 e. The second-order valence-corrected chi connectivity index (χ2v) is 3.01. The molecule has 0 amide bonds. The highest BCUT2D eigenvalue weighted by Gasteiger charge is 2.04. The Morgan fingerprint density at radius 1 is 1.19 bits per heavy atom. The standard InChI is InChI=1S/C11H8N2O3/c14-11(15)8-2-1-3-9(4-8)16-10-5-12-7-13-6-10/h1-7H,(H,14,15). The van der Waals surface area contributed by atoms with E-state index in [-0.39, 0.29) is 5.56 Å². The molecule has 16 heavy (non-hydrogen) atoms. The van der Waals surface area contributed by atoms with Gasteiger partial charge in [-0.05, 0) is 18.2 Å². The third-order valence-electron chi connectivity index (χ3n) is 1.85. The van der Waals surface area contributed by atoms with Crippen molar-refractivity contribution in [2.24, 2.45) is 0 Å².